The predicted molar refractivity (Wildman–Crippen MR) is 62.5 cm³/mol. The number of aliphatic carboxylic acids is 1. The summed E-state index contributed by atoms with van der Waals surface area (Å²) in [5.41, 5.74) is -0.676. The number of hydrogen-bond acceptors (Lipinski definition) is 3. The van der Waals surface area contributed by atoms with Gasteiger partial charge in [0.1, 0.15) is 0 Å². The van der Waals surface area contributed by atoms with Gasteiger partial charge < -0.3 is 15.7 Å². The molecule has 0 aliphatic carbocycles. The molecule has 0 aromatic carbocycles. The summed E-state index contributed by atoms with van der Waals surface area (Å²) in [7, 11) is 0. The lowest BCUT2D eigenvalue weighted by Gasteiger charge is -2.28. The highest BCUT2D eigenvalue weighted by atomic mass is 16.4. The van der Waals surface area contributed by atoms with Crippen molar-refractivity contribution in [2.24, 2.45) is 5.92 Å². The Kier molecular flexibility index (Phi) is 3.12. The number of fused-ring (bicyclic) bond motifs is 2. The lowest BCUT2D eigenvalue weighted by Crippen LogP contribution is -2.49. The van der Waals surface area contributed by atoms with Crippen molar-refractivity contribution in [1.29, 1.82) is 0 Å². The standard InChI is InChI=1S/C12H20N2O3/c1-12(2,6-10(15)16)14-11(17)8-5-7-3-4-9(8)13-7/h7-9,13H,3-6H2,1-2H3,(H,14,17)(H,15,16). The molecule has 0 spiro atoms. The molecule has 0 aromatic heterocycles. The van der Waals surface area contributed by atoms with Crippen molar-refractivity contribution in [2.45, 2.75) is 57.2 Å². The second-order valence-electron chi connectivity index (χ2n) is 5.83. The first-order valence-electron chi connectivity index (χ1n) is 6.17. The van der Waals surface area contributed by atoms with Gasteiger partial charge in [0.2, 0.25) is 5.91 Å². The Balaban J connectivity index is 1.91. The van der Waals surface area contributed by atoms with E-state index in [0.29, 0.717) is 12.1 Å². The molecule has 96 valence electrons. The van der Waals surface area contributed by atoms with E-state index in [1.807, 2.05) is 0 Å². The van der Waals surface area contributed by atoms with Gasteiger partial charge in [-0.1, -0.05) is 0 Å². The lowest BCUT2D eigenvalue weighted by atomic mass is 9.87. The van der Waals surface area contributed by atoms with E-state index < -0.39 is 11.5 Å². The SMILES string of the molecule is CC(C)(CC(=O)O)NC(=O)C1CC2CCC1N2. The fourth-order valence-electron chi connectivity index (χ4n) is 2.96. The molecule has 5 heteroatoms. The quantitative estimate of drug-likeness (QED) is 0.668. The number of carbonyl (C=O) groups excluding carboxylic acids is 1. The van der Waals surface area contributed by atoms with E-state index in [4.69, 9.17) is 5.11 Å². The Morgan fingerprint density at radius 3 is 2.59 bits per heavy atom. The van der Waals surface area contributed by atoms with E-state index in [0.717, 1.165) is 19.3 Å². The highest BCUT2D eigenvalue weighted by Gasteiger charge is 2.43. The zero-order valence-corrected chi connectivity index (χ0v) is 10.3. The minimum atomic E-state index is -0.888. The third kappa shape index (κ3) is 2.77. The smallest absolute Gasteiger partial charge is 0.305 e. The number of nitrogens with one attached hydrogen (secondary N) is 2. The fraction of sp³-hybridized carbons (Fsp3) is 0.833. The molecular formula is C12H20N2O3. The number of carboxylic acids is 1. The summed E-state index contributed by atoms with van der Waals surface area (Å²) in [6.07, 6.45) is 3.06. The van der Waals surface area contributed by atoms with Crippen molar-refractivity contribution < 1.29 is 14.7 Å². The largest absolute Gasteiger partial charge is 0.481 e. The molecule has 2 heterocycles. The molecular weight excluding hydrogens is 220 g/mol. The van der Waals surface area contributed by atoms with E-state index in [-0.39, 0.29) is 18.2 Å². The third-order valence-corrected chi connectivity index (χ3v) is 3.69. The van der Waals surface area contributed by atoms with E-state index in [9.17, 15) is 9.59 Å². The van der Waals surface area contributed by atoms with Crippen LogP contribution in [0.2, 0.25) is 0 Å². The molecule has 2 aliphatic rings. The van der Waals surface area contributed by atoms with Crippen LogP contribution >= 0.6 is 0 Å². The van der Waals surface area contributed by atoms with Crippen LogP contribution in [0.25, 0.3) is 0 Å². The highest BCUT2D eigenvalue weighted by Crippen LogP contribution is 2.33. The summed E-state index contributed by atoms with van der Waals surface area (Å²) in [5, 5.41) is 15.0. The number of amides is 1. The van der Waals surface area contributed by atoms with Crippen LogP contribution in [-0.2, 0) is 9.59 Å². The molecule has 2 aliphatic heterocycles. The van der Waals surface area contributed by atoms with Crippen LogP contribution in [0.4, 0.5) is 0 Å². The van der Waals surface area contributed by atoms with Crippen LogP contribution in [0.15, 0.2) is 0 Å². The molecule has 2 bridgehead atoms. The Labute approximate surface area is 101 Å². The second-order valence-corrected chi connectivity index (χ2v) is 5.83. The fourth-order valence-corrected chi connectivity index (χ4v) is 2.96. The van der Waals surface area contributed by atoms with Gasteiger partial charge in [0.05, 0.1) is 12.3 Å². The van der Waals surface area contributed by atoms with Crippen LogP contribution in [-0.4, -0.2) is 34.6 Å². The predicted octanol–water partition coefficient (Wildman–Crippen LogP) is 0.496. The van der Waals surface area contributed by atoms with Crippen LogP contribution in [0, 0.1) is 5.92 Å². The summed E-state index contributed by atoms with van der Waals surface area (Å²) >= 11 is 0. The maximum absolute atomic E-state index is 12.1. The van der Waals surface area contributed by atoms with E-state index in [2.05, 4.69) is 10.6 Å². The highest BCUT2D eigenvalue weighted by molar-refractivity contribution is 5.81. The van der Waals surface area contributed by atoms with Crippen LogP contribution in [0.3, 0.4) is 0 Å². The van der Waals surface area contributed by atoms with E-state index in [1.165, 1.54) is 0 Å². The van der Waals surface area contributed by atoms with E-state index in [1.54, 1.807) is 13.8 Å². The van der Waals surface area contributed by atoms with Gasteiger partial charge >= 0.3 is 5.97 Å². The molecule has 3 N–H and O–H groups in total. The first-order chi connectivity index (χ1) is 7.87. The molecule has 3 unspecified atom stereocenters. The Hall–Kier alpha value is -1.10. The first-order valence-corrected chi connectivity index (χ1v) is 6.17. The average molecular weight is 240 g/mol. The molecule has 2 rings (SSSR count). The Morgan fingerprint density at radius 1 is 1.41 bits per heavy atom. The van der Waals surface area contributed by atoms with Gasteiger partial charge in [0.25, 0.3) is 0 Å². The lowest BCUT2D eigenvalue weighted by molar-refractivity contribution is -0.139. The molecule has 5 nitrogen and oxygen atoms in total. The number of rotatable bonds is 4. The number of carbonyl (C=O) groups is 2. The summed E-state index contributed by atoms with van der Waals surface area (Å²) < 4.78 is 0. The molecule has 0 radical (unpaired) electrons. The monoisotopic (exact) mass is 240 g/mol. The summed E-state index contributed by atoms with van der Waals surface area (Å²) in [6.45, 7) is 3.50. The summed E-state index contributed by atoms with van der Waals surface area (Å²) in [6, 6.07) is 0.777. The topological polar surface area (TPSA) is 78.4 Å². The van der Waals surface area contributed by atoms with Crippen molar-refractivity contribution in [1.82, 2.24) is 10.6 Å². The summed E-state index contributed by atoms with van der Waals surface area (Å²) in [4.78, 5) is 22.8. The first kappa shape index (κ1) is 12.4. The van der Waals surface area contributed by atoms with Gasteiger partial charge in [-0.25, -0.2) is 0 Å². The van der Waals surface area contributed by atoms with Gasteiger partial charge in [-0.15, -0.1) is 0 Å². The van der Waals surface area contributed by atoms with Crippen molar-refractivity contribution in [3.63, 3.8) is 0 Å². The Bertz CT molecular complexity index is 341. The van der Waals surface area contributed by atoms with Gasteiger partial charge in [0, 0.05) is 17.6 Å². The maximum atomic E-state index is 12.1. The molecule has 2 saturated heterocycles. The molecule has 0 aromatic rings. The molecule has 1 amide bonds. The van der Waals surface area contributed by atoms with Crippen molar-refractivity contribution >= 4 is 11.9 Å². The molecule has 2 fully saturated rings. The van der Waals surface area contributed by atoms with Crippen LogP contribution < -0.4 is 10.6 Å². The molecule has 3 atom stereocenters. The number of hydrogen-bond donors (Lipinski definition) is 3. The summed E-state index contributed by atoms with van der Waals surface area (Å²) in [5.74, 6) is -0.876. The second kappa shape index (κ2) is 4.29. The van der Waals surface area contributed by atoms with Crippen LogP contribution in [0.5, 0.6) is 0 Å². The van der Waals surface area contributed by atoms with Gasteiger partial charge in [0.15, 0.2) is 0 Å². The van der Waals surface area contributed by atoms with Gasteiger partial charge in [-0.3, -0.25) is 9.59 Å². The Morgan fingerprint density at radius 2 is 2.12 bits per heavy atom. The van der Waals surface area contributed by atoms with Crippen molar-refractivity contribution in [3.8, 4) is 0 Å². The maximum Gasteiger partial charge on any atom is 0.305 e. The zero-order valence-electron chi connectivity index (χ0n) is 10.3. The number of carboxylic acid groups (broad SMARTS) is 1. The minimum Gasteiger partial charge on any atom is -0.481 e. The third-order valence-electron chi connectivity index (χ3n) is 3.69. The molecule has 0 saturated carbocycles. The normalized spacial score (nSPS) is 31.5. The van der Waals surface area contributed by atoms with Gasteiger partial charge in [-0.05, 0) is 33.1 Å². The minimum absolute atomic E-state index is 0.00375. The zero-order chi connectivity index (χ0) is 12.6. The molecule has 17 heavy (non-hydrogen) atoms. The van der Waals surface area contributed by atoms with Crippen molar-refractivity contribution in [3.05, 3.63) is 0 Å². The van der Waals surface area contributed by atoms with E-state index >= 15 is 0 Å². The average Bonchev–Trinajstić information content (AvgIpc) is 2.74. The van der Waals surface area contributed by atoms with Crippen molar-refractivity contribution in [2.75, 3.05) is 0 Å². The van der Waals surface area contributed by atoms with Crippen LogP contribution in [0.1, 0.15) is 39.5 Å². The van der Waals surface area contributed by atoms with Gasteiger partial charge in [-0.2, -0.15) is 0 Å².